The Hall–Kier alpha value is -3.61. The second-order valence-electron chi connectivity index (χ2n) is 10.6. The molecule has 7 heteroatoms. The van der Waals surface area contributed by atoms with Gasteiger partial charge >= 0.3 is 0 Å². The van der Waals surface area contributed by atoms with Crippen LogP contribution in [0.25, 0.3) is 10.9 Å². The highest BCUT2D eigenvalue weighted by molar-refractivity contribution is 6.04. The van der Waals surface area contributed by atoms with Gasteiger partial charge in [0.15, 0.2) is 0 Å². The van der Waals surface area contributed by atoms with Crippen LogP contribution in [-0.4, -0.2) is 46.2 Å². The average Bonchev–Trinajstić information content (AvgIpc) is 3.42. The summed E-state index contributed by atoms with van der Waals surface area (Å²) in [6.45, 7) is 6.61. The molecule has 0 spiro atoms. The second kappa shape index (κ2) is 10.4. The van der Waals surface area contributed by atoms with Gasteiger partial charge in [-0.15, -0.1) is 0 Å². The van der Waals surface area contributed by atoms with Gasteiger partial charge < -0.3 is 20.5 Å². The number of benzene rings is 2. The van der Waals surface area contributed by atoms with E-state index in [-0.39, 0.29) is 29.7 Å². The molecular weight excluding hydrogens is 464 g/mol. The second-order valence-corrected chi connectivity index (χ2v) is 10.6. The first-order chi connectivity index (χ1) is 17.9. The maximum atomic E-state index is 13.8. The van der Waals surface area contributed by atoms with Gasteiger partial charge in [0, 0.05) is 35.1 Å². The number of amides is 3. The number of rotatable bonds is 9. The van der Waals surface area contributed by atoms with Crippen LogP contribution in [0, 0.1) is 5.92 Å². The Bertz CT molecular complexity index is 1330. The van der Waals surface area contributed by atoms with Gasteiger partial charge in [-0.05, 0) is 35.6 Å². The molecular formula is C30H36N4O3. The molecule has 0 saturated carbocycles. The summed E-state index contributed by atoms with van der Waals surface area (Å²) in [4.78, 5) is 45.7. The maximum absolute atomic E-state index is 13.8. The number of aromatic nitrogens is 1. The van der Waals surface area contributed by atoms with Gasteiger partial charge in [0.25, 0.3) is 5.91 Å². The normalized spacial score (nSPS) is 18.9. The van der Waals surface area contributed by atoms with E-state index in [0.29, 0.717) is 18.5 Å². The molecule has 3 N–H and O–H groups in total. The molecule has 2 aliphatic rings. The van der Waals surface area contributed by atoms with Crippen molar-refractivity contribution in [2.24, 2.45) is 5.92 Å². The minimum atomic E-state index is -0.713. The first-order valence-corrected chi connectivity index (χ1v) is 13.5. The summed E-state index contributed by atoms with van der Waals surface area (Å²) in [5.74, 6) is -0.696. The molecule has 0 fully saturated rings. The van der Waals surface area contributed by atoms with Crippen molar-refractivity contribution in [2.75, 3.05) is 6.54 Å². The third-order valence-corrected chi connectivity index (χ3v) is 7.73. The van der Waals surface area contributed by atoms with E-state index < -0.39 is 12.1 Å². The van der Waals surface area contributed by atoms with E-state index in [1.807, 2.05) is 56.3 Å². The largest absolute Gasteiger partial charge is 0.356 e. The molecule has 1 aromatic heterocycles. The molecule has 37 heavy (non-hydrogen) atoms. The van der Waals surface area contributed by atoms with Crippen LogP contribution in [0.3, 0.4) is 0 Å². The number of aromatic amines is 1. The summed E-state index contributed by atoms with van der Waals surface area (Å²) >= 11 is 0. The minimum Gasteiger partial charge on any atom is -0.356 e. The first-order valence-electron chi connectivity index (χ1n) is 13.5. The molecule has 3 amide bonds. The predicted octanol–water partition coefficient (Wildman–Crippen LogP) is 4.48. The summed E-state index contributed by atoms with van der Waals surface area (Å²) in [6.07, 6.45) is 4.67. The Morgan fingerprint density at radius 3 is 2.59 bits per heavy atom. The number of nitrogens with one attached hydrogen (secondary N) is 3. The fourth-order valence-electron chi connectivity index (χ4n) is 5.80. The smallest absolute Gasteiger partial charge is 0.255 e. The number of para-hydroxylation sites is 1. The fraction of sp³-hybridized carbons (Fsp3) is 0.433. The van der Waals surface area contributed by atoms with Crippen molar-refractivity contribution in [1.82, 2.24) is 20.5 Å². The lowest BCUT2D eigenvalue weighted by Crippen LogP contribution is -2.57. The summed E-state index contributed by atoms with van der Waals surface area (Å²) in [7, 11) is 0. The van der Waals surface area contributed by atoms with E-state index >= 15 is 0 Å². The first kappa shape index (κ1) is 25.1. The van der Waals surface area contributed by atoms with Gasteiger partial charge in [-0.2, -0.15) is 0 Å². The summed E-state index contributed by atoms with van der Waals surface area (Å²) < 4.78 is 0. The van der Waals surface area contributed by atoms with Crippen molar-refractivity contribution in [3.63, 3.8) is 0 Å². The van der Waals surface area contributed by atoms with Gasteiger partial charge in [-0.25, -0.2) is 0 Å². The average molecular weight is 501 g/mol. The highest BCUT2D eigenvalue weighted by atomic mass is 16.2. The van der Waals surface area contributed by atoms with Crippen molar-refractivity contribution in [2.45, 2.75) is 71.0 Å². The SMILES string of the molecule is CCCCCCNC(=O)[C@@H](NC(=O)[C@@H]1Cc2c([nH]c3ccccc23)C2c3ccccc3C(=O)N21)C(C)C. The van der Waals surface area contributed by atoms with Crippen LogP contribution >= 0.6 is 0 Å². The van der Waals surface area contributed by atoms with Crippen molar-refractivity contribution in [3.05, 3.63) is 70.9 Å². The van der Waals surface area contributed by atoms with Gasteiger partial charge in [0.2, 0.25) is 11.8 Å². The number of H-pyrrole nitrogens is 1. The molecule has 0 radical (unpaired) electrons. The number of carbonyl (C=O) groups is 3. The molecule has 3 aromatic rings. The van der Waals surface area contributed by atoms with Gasteiger partial charge in [0.1, 0.15) is 12.1 Å². The summed E-state index contributed by atoms with van der Waals surface area (Å²) in [6, 6.07) is 13.9. The van der Waals surface area contributed by atoms with Crippen LogP contribution in [0.5, 0.6) is 0 Å². The lowest BCUT2D eigenvalue weighted by atomic mass is 9.89. The van der Waals surface area contributed by atoms with Gasteiger partial charge in [0.05, 0.1) is 6.04 Å². The lowest BCUT2D eigenvalue weighted by molar-refractivity contribution is -0.132. The van der Waals surface area contributed by atoms with E-state index in [9.17, 15) is 14.4 Å². The summed E-state index contributed by atoms with van der Waals surface area (Å²) in [5, 5.41) is 7.08. The molecule has 5 rings (SSSR count). The van der Waals surface area contributed by atoms with E-state index in [0.717, 1.165) is 53.4 Å². The highest BCUT2D eigenvalue weighted by Gasteiger charge is 2.49. The molecule has 3 atom stereocenters. The summed E-state index contributed by atoms with van der Waals surface area (Å²) in [5.41, 5.74) is 4.55. The number of fused-ring (bicyclic) bond motifs is 7. The standard InChI is InChI=1S/C30H36N4O3/c1-4-5-6-11-16-31-29(36)25(18(2)3)33-28(35)24-17-22-19-12-9-10-15-23(19)32-26(22)27-20-13-7-8-14-21(20)30(37)34(24)27/h7-10,12-15,18,24-25,27,32H,4-6,11,16-17H2,1-3H3,(H,31,36)(H,33,35)/t24-,25-,27?/m0/s1. The van der Waals surface area contributed by atoms with Crippen LogP contribution in [0.15, 0.2) is 48.5 Å². The molecule has 194 valence electrons. The molecule has 2 aromatic carbocycles. The Labute approximate surface area is 218 Å². The number of nitrogens with zero attached hydrogens (tertiary/aromatic N) is 1. The van der Waals surface area contributed by atoms with Crippen molar-refractivity contribution < 1.29 is 14.4 Å². The van der Waals surface area contributed by atoms with E-state index in [1.165, 1.54) is 0 Å². The number of hydrogen-bond donors (Lipinski definition) is 3. The van der Waals surface area contributed by atoms with Crippen molar-refractivity contribution in [3.8, 4) is 0 Å². The van der Waals surface area contributed by atoms with Gasteiger partial charge in [-0.3, -0.25) is 14.4 Å². The molecule has 3 heterocycles. The molecule has 0 bridgehead atoms. The topological polar surface area (TPSA) is 94.3 Å². The van der Waals surface area contributed by atoms with Crippen LogP contribution in [0.1, 0.15) is 79.7 Å². The monoisotopic (exact) mass is 500 g/mol. The lowest BCUT2D eigenvalue weighted by Gasteiger charge is -2.38. The molecule has 0 saturated heterocycles. The zero-order valence-corrected chi connectivity index (χ0v) is 21.8. The zero-order chi connectivity index (χ0) is 26.1. The molecule has 2 aliphatic heterocycles. The van der Waals surface area contributed by atoms with Gasteiger partial charge in [-0.1, -0.05) is 76.4 Å². The molecule has 0 aliphatic carbocycles. The quantitative estimate of drug-likeness (QED) is 0.378. The van der Waals surface area contributed by atoms with E-state index in [1.54, 1.807) is 4.90 Å². The fourth-order valence-corrected chi connectivity index (χ4v) is 5.80. The van der Waals surface area contributed by atoms with Crippen LogP contribution in [0.4, 0.5) is 0 Å². The van der Waals surface area contributed by atoms with Crippen LogP contribution in [-0.2, 0) is 16.0 Å². The Kier molecular flexibility index (Phi) is 7.04. The predicted molar refractivity (Wildman–Crippen MR) is 144 cm³/mol. The molecule has 1 unspecified atom stereocenters. The third kappa shape index (κ3) is 4.52. The zero-order valence-electron chi connectivity index (χ0n) is 21.8. The van der Waals surface area contributed by atoms with Crippen LogP contribution in [0.2, 0.25) is 0 Å². The van der Waals surface area contributed by atoms with Crippen LogP contribution < -0.4 is 10.6 Å². The Morgan fingerprint density at radius 1 is 1.05 bits per heavy atom. The number of hydrogen-bond acceptors (Lipinski definition) is 3. The highest BCUT2D eigenvalue weighted by Crippen LogP contribution is 2.46. The Morgan fingerprint density at radius 2 is 1.81 bits per heavy atom. The minimum absolute atomic E-state index is 0.0888. The van der Waals surface area contributed by atoms with Crippen molar-refractivity contribution in [1.29, 1.82) is 0 Å². The Balaban J connectivity index is 1.44. The number of unbranched alkanes of at least 4 members (excludes halogenated alkanes) is 3. The maximum Gasteiger partial charge on any atom is 0.255 e. The van der Waals surface area contributed by atoms with E-state index in [2.05, 4.69) is 28.6 Å². The third-order valence-electron chi connectivity index (χ3n) is 7.73. The molecule has 7 nitrogen and oxygen atoms in total. The van der Waals surface area contributed by atoms with Crippen molar-refractivity contribution >= 4 is 28.6 Å². The van der Waals surface area contributed by atoms with E-state index in [4.69, 9.17) is 0 Å². The number of carbonyl (C=O) groups excluding carboxylic acids is 3.